The zero-order valence-corrected chi connectivity index (χ0v) is 20.7. The molecule has 0 atom stereocenters. The van der Waals surface area contributed by atoms with E-state index in [2.05, 4.69) is 4.90 Å². The van der Waals surface area contributed by atoms with Gasteiger partial charge in [-0.3, -0.25) is 9.59 Å². The zero-order valence-electron chi connectivity index (χ0n) is 19.1. The van der Waals surface area contributed by atoms with Gasteiger partial charge in [0.15, 0.2) is 0 Å². The van der Waals surface area contributed by atoms with Crippen LogP contribution in [-0.4, -0.2) is 49.9 Å². The molecule has 1 saturated heterocycles. The Morgan fingerprint density at radius 3 is 2.43 bits per heavy atom. The van der Waals surface area contributed by atoms with Crippen molar-refractivity contribution in [2.45, 2.75) is 4.90 Å². The normalized spacial score (nSPS) is 17.1. The number of anilines is 2. The third kappa shape index (κ3) is 4.79. The van der Waals surface area contributed by atoms with E-state index in [-0.39, 0.29) is 17.6 Å². The number of piperazine rings is 1. The molecule has 0 aromatic heterocycles. The first-order valence-corrected chi connectivity index (χ1v) is 12.5. The van der Waals surface area contributed by atoms with Crippen LogP contribution in [-0.2, 0) is 4.79 Å². The first kappa shape index (κ1) is 23.5. The van der Waals surface area contributed by atoms with Gasteiger partial charge in [0.1, 0.15) is 5.82 Å². The molecule has 3 aromatic carbocycles. The number of rotatable bonds is 3. The lowest BCUT2D eigenvalue weighted by Gasteiger charge is -2.36. The van der Waals surface area contributed by atoms with Gasteiger partial charge < -0.3 is 14.7 Å². The third-order valence-corrected chi connectivity index (χ3v) is 7.67. The van der Waals surface area contributed by atoms with Gasteiger partial charge in [0.05, 0.1) is 10.6 Å². The fraction of sp³-hybridized carbons (Fsp3) is 0.185. The second kappa shape index (κ2) is 9.76. The lowest BCUT2D eigenvalue weighted by molar-refractivity contribution is -0.114. The molecule has 1 fully saturated rings. The van der Waals surface area contributed by atoms with Gasteiger partial charge in [-0.25, -0.2) is 4.39 Å². The highest BCUT2D eigenvalue weighted by Crippen LogP contribution is 2.42. The lowest BCUT2D eigenvalue weighted by Crippen LogP contribution is -2.48. The van der Waals surface area contributed by atoms with Crippen LogP contribution in [0.4, 0.5) is 15.8 Å². The maximum atomic E-state index is 13.2. The molecule has 0 saturated carbocycles. The second-order valence-electron chi connectivity index (χ2n) is 8.43. The first-order valence-electron chi connectivity index (χ1n) is 11.3. The molecule has 35 heavy (non-hydrogen) atoms. The summed E-state index contributed by atoms with van der Waals surface area (Å²) in [6.45, 7) is 2.49. The Bertz CT molecular complexity index is 1320. The highest BCUT2D eigenvalue weighted by atomic mass is 35.5. The van der Waals surface area contributed by atoms with Crippen LogP contribution in [0.2, 0.25) is 5.02 Å². The topological polar surface area (TPSA) is 43.9 Å². The van der Waals surface area contributed by atoms with Crippen LogP contribution >= 0.6 is 23.4 Å². The Hall–Kier alpha value is -3.29. The van der Waals surface area contributed by atoms with Gasteiger partial charge in [-0.15, -0.1) is 0 Å². The van der Waals surface area contributed by atoms with Crippen LogP contribution in [0.25, 0.3) is 6.08 Å². The summed E-state index contributed by atoms with van der Waals surface area (Å²) in [7, 11) is 1.72. The molecule has 0 bridgehead atoms. The van der Waals surface area contributed by atoms with Crippen LogP contribution in [0, 0.1) is 5.82 Å². The molecule has 5 nitrogen and oxygen atoms in total. The Morgan fingerprint density at radius 1 is 1.00 bits per heavy atom. The second-order valence-corrected chi connectivity index (χ2v) is 9.93. The number of nitrogens with zero attached hydrogens (tertiary/aromatic N) is 3. The number of hydrogen-bond donors (Lipinski definition) is 0. The van der Waals surface area contributed by atoms with E-state index in [1.807, 2.05) is 35.2 Å². The van der Waals surface area contributed by atoms with Crippen molar-refractivity contribution < 1.29 is 14.0 Å². The average Bonchev–Trinajstić information content (AvgIpc) is 2.88. The number of carbonyl (C=O) groups excluding carboxylic acids is 2. The van der Waals surface area contributed by atoms with Crippen molar-refractivity contribution >= 4 is 52.6 Å². The molecule has 2 aliphatic heterocycles. The molecule has 0 aliphatic carbocycles. The molecule has 2 aliphatic rings. The molecule has 2 heterocycles. The molecule has 0 N–H and O–H groups in total. The number of halogens is 2. The molecule has 0 radical (unpaired) electrons. The Labute approximate surface area is 212 Å². The number of thioether (sulfide) groups is 1. The summed E-state index contributed by atoms with van der Waals surface area (Å²) >= 11 is 7.65. The molecule has 0 spiro atoms. The number of benzene rings is 3. The van der Waals surface area contributed by atoms with Crippen molar-refractivity contribution in [3.05, 3.63) is 93.6 Å². The van der Waals surface area contributed by atoms with E-state index in [4.69, 9.17) is 11.6 Å². The molecule has 0 unspecified atom stereocenters. The minimum Gasteiger partial charge on any atom is -0.368 e. The van der Waals surface area contributed by atoms with E-state index in [1.165, 1.54) is 23.9 Å². The Balaban J connectivity index is 1.31. The summed E-state index contributed by atoms with van der Waals surface area (Å²) in [6.07, 6.45) is 1.80. The van der Waals surface area contributed by atoms with E-state index in [1.54, 1.807) is 42.3 Å². The van der Waals surface area contributed by atoms with Gasteiger partial charge in [0.2, 0.25) is 0 Å². The minimum absolute atomic E-state index is 0.0604. The molecule has 178 valence electrons. The van der Waals surface area contributed by atoms with E-state index in [0.29, 0.717) is 47.4 Å². The monoisotopic (exact) mass is 507 g/mol. The summed E-state index contributed by atoms with van der Waals surface area (Å²) in [5, 5.41) is 0.585. The van der Waals surface area contributed by atoms with Crippen molar-refractivity contribution in [1.29, 1.82) is 0 Å². The largest absolute Gasteiger partial charge is 0.368 e. The van der Waals surface area contributed by atoms with Crippen LogP contribution in [0.15, 0.2) is 76.5 Å². The summed E-state index contributed by atoms with van der Waals surface area (Å²) in [4.78, 5) is 33.3. The zero-order chi connectivity index (χ0) is 24.5. The van der Waals surface area contributed by atoms with Gasteiger partial charge in [0.25, 0.3) is 11.8 Å². The Morgan fingerprint density at radius 2 is 1.71 bits per heavy atom. The molecular weight excluding hydrogens is 485 g/mol. The molecular formula is C27H23ClFN3O2S. The van der Waals surface area contributed by atoms with E-state index < -0.39 is 0 Å². The van der Waals surface area contributed by atoms with Crippen LogP contribution < -0.4 is 9.80 Å². The third-order valence-electron chi connectivity index (χ3n) is 6.25. The highest BCUT2D eigenvalue weighted by molar-refractivity contribution is 8.04. The summed E-state index contributed by atoms with van der Waals surface area (Å²) in [5.41, 5.74) is 3.00. The van der Waals surface area contributed by atoms with E-state index in [9.17, 15) is 14.0 Å². The number of carbonyl (C=O) groups is 2. The summed E-state index contributed by atoms with van der Waals surface area (Å²) < 4.78 is 13.2. The van der Waals surface area contributed by atoms with Crippen molar-refractivity contribution in [3.63, 3.8) is 0 Å². The lowest BCUT2D eigenvalue weighted by atomic mass is 10.1. The maximum Gasteiger partial charge on any atom is 0.264 e. The highest BCUT2D eigenvalue weighted by Gasteiger charge is 2.29. The van der Waals surface area contributed by atoms with Gasteiger partial charge in [-0.1, -0.05) is 41.6 Å². The number of hydrogen-bond acceptors (Lipinski definition) is 4. The van der Waals surface area contributed by atoms with Crippen molar-refractivity contribution in [2.24, 2.45) is 0 Å². The van der Waals surface area contributed by atoms with E-state index in [0.717, 1.165) is 16.1 Å². The van der Waals surface area contributed by atoms with Gasteiger partial charge in [0, 0.05) is 54.4 Å². The van der Waals surface area contributed by atoms with Crippen molar-refractivity contribution in [1.82, 2.24) is 4.90 Å². The minimum atomic E-state index is -0.261. The quantitative estimate of drug-likeness (QED) is 0.436. The van der Waals surface area contributed by atoms with Crippen LogP contribution in [0.3, 0.4) is 0 Å². The SMILES string of the molecule is CN1C(=O)/C(=C/c2ccccc2Cl)Sc2ccc(C(=O)N3CCN(c4ccc(F)cc4)CC3)cc21. The predicted octanol–water partition coefficient (Wildman–Crippen LogP) is 5.55. The number of amides is 2. The van der Waals surface area contributed by atoms with Crippen molar-refractivity contribution in [3.8, 4) is 0 Å². The molecule has 5 rings (SSSR count). The number of fused-ring (bicyclic) bond motifs is 1. The van der Waals surface area contributed by atoms with Gasteiger partial charge in [-0.05, 0) is 60.2 Å². The van der Waals surface area contributed by atoms with Crippen molar-refractivity contribution in [2.75, 3.05) is 43.0 Å². The Kier molecular flexibility index (Phi) is 6.54. The first-order chi connectivity index (χ1) is 16.9. The fourth-order valence-electron chi connectivity index (χ4n) is 4.26. The van der Waals surface area contributed by atoms with Gasteiger partial charge >= 0.3 is 0 Å². The molecule has 3 aromatic rings. The number of likely N-dealkylation sites (N-methyl/N-ethyl adjacent to an activating group) is 1. The predicted molar refractivity (Wildman–Crippen MR) is 140 cm³/mol. The summed E-state index contributed by atoms with van der Waals surface area (Å²) in [6, 6.07) is 19.3. The average molecular weight is 508 g/mol. The molecule has 8 heteroatoms. The molecule has 2 amide bonds. The van der Waals surface area contributed by atoms with Gasteiger partial charge in [-0.2, -0.15) is 0 Å². The van der Waals surface area contributed by atoms with E-state index >= 15 is 0 Å². The maximum absolute atomic E-state index is 13.2. The summed E-state index contributed by atoms with van der Waals surface area (Å²) in [5.74, 6) is -0.460. The standard InChI is InChI=1S/C27H23ClFN3O2S/c1-30-23-16-19(26(33)32-14-12-31(13-15-32)21-9-7-20(29)8-10-21)6-11-24(23)35-25(27(30)34)17-18-4-2-3-5-22(18)28/h2-11,16-17H,12-15H2,1H3/b25-17-. The smallest absolute Gasteiger partial charge is 0.264 e. The van der Waals surface area contributed by atoms with Crippen LogP contribution in [0.1, 0.15) is 15.9 Å². The van der Waals surface area contributed by atoms with Crippen LogP contribution in [0.5, 0.6) is 0 Å². The fourth-order valence-corrected chi connectivity index (χ4v) is 5.54.